The Balaban J connectivity index is 1.91. The summed E-state index contributed by atoms with van der Waals surface area (Å²) in [4.78, 5) is 28.5. The summed E-state index contributed by atoms with van der Waals surface area (Å²) in [6, 6.07) is 2.82. The van der Waals surface area contributed by atoms with Gasteiger partial charge in [-0.3, -0.25) is 4.90 Å². The van der Waals surface area contributed by atoms with Gasteiger partial charge in [-0.25, -0.2) is 9.59 Å². The quantitative estimate of drug-likeness (QED) is 0.674. The Morgan fingerprint density at radius 3 is 2.50 bits per heavy atom. The van der Waals surface area contributed by atoms with Gasteiger partial charge in [-0.05, 0) is 44.9 Å². The lowest BCUT2D eigenvalue weighted by molar-refractivity contribution is -0.147. The molecular weight excluding hydrogens is 379 g/mol. The molecule has 0 N–H and O–H groups in total. The maximum atomic E-state index is 12.7. The molecule has 3 rings (SSSR count). The van der Waals surface area contributed by atoms with Gasteiger partial charge in [0, 0.05) is 18.1 Å². The topological polar surface area (TPSA) is 59.1 Å². The largest absolute Gasteiger partial charge is 0.467 e. The van der Waals surface area contributed by atoms with E-state index in [0.29, 0.717) is 29.6 Å². The maximum absolute atomic E-state index is 12.7. The van der Waals surface area contributed by atoms with Gasteiger partial charge in [0.15, 0.2) is 6.04 Å². The van der Waals surface area contributed by atoms with Crippen molar-refractivity contribution in [1.82, 2.24) is 4.90 Å². The minimum Gasteiger partial charge on any atom is -0.467 e. The fourth-order valence-electron chi connectivity index (χ4n) is 3.55. The van der Waals surface area contributed by atoms with Gasteiger partial charge < -0.3 is 14.4 Å². The molecule has 2 heterocycles. The van der Waals surface area contributed by atoms with E-state index in [1.54, 1.807) is 26.8 Å². The molecule has 0 saturated carbocycles. The lowest BCUT2D eigenvalue weighted by Gasteiger charge is -2.43. The molecule has 6 nitrogen and oxygen atoms in total. The van der Waals surface area contributed by atoms with Crippen molar-refractivity contribution in [2.45, 2.75) is 44.9 Å². The number of rotatable bonds is 1. The second kappa shape index (κ2) is 6.82. The number of amides is 1. The Labute approximate surface area is 162 Å². The Kier molecular flexibility index (Phi) is 5.01. The van der Waals surface area contributed by atoms with Crippen molar-refractivity contribution in [2.24, 2.45) is 0 Å². The number of methoxy groups -OCH3 is 1. The highest BCUT2D eigenvalue weighted by molar-refractivity contribution is 6.36. The third kappa shape index (κ3) is 3.58. The summed E-state index contributed by atoms with van der Waals surface area (Å²) in [5, 5.41) is 1.12. The highest BCUT2D eigenvalue weighted by Crippen LogP contribution is 2.42. The van der Waals surface area contributed by atoms with Crippen molar-refractivity contribution in [2.75, 3.05) is 25.1 Å². The fourth-order valence-corrected chi connectivity index (χ4v) is 4.19. The van der Waals surface area contributed by atoms with Crippen LogP contribution >= 0.6 is 23.2 Å². The molecule has 8 heteroatoms. The van der Waals surface area contributed by atoms with E-state index in [1.807, 2.05) is 6.07 Å². The number of carbonyl (C=O) groups is 2. The standard InChI is InChI=1S/C18H22Cl2N2O4/c1-18(2,3)26-17(24)22-8-12-6-10-5-11(19)7-13(20)15(10)21(12)9-14(22)16(23)25-4/h5,7,12,14H,6,8-9H2,1-4H3/t12-,14-/m0/s1. The van der Waals surface area contributed by atoms with Crippen molar-refractivity contribution in [3.8, 4) is 0 Å². The normalized spacial score (nSPS) is 21.9. The lowest BCUT2D eigenvalue weighted by Crippen LogP contribution is -2.62. The van der Waals surface area contributed by atoms with Crippen molar-refractivity contribution < 1.29 is 19.1 Å². The number of ether oxygens (including phenoxy) is 2. The molecular formula is C18H22Cl2N2O4. The van der Waals surface area contributed by atoms with Crippen LogP contribution in [0.5, 0.6) is 0 Å². The van der Waals surface area contributed by atoms with E-state index >= 15 is 0 Å². The summed E-state index contributed by atoms with van der Waals surface area (Å²) < 4.78 is 10.4. The molecule has 1 aromatic carbocycles. The molecule has 2 aliphatic rings. The van der Waals surface area contributed by atoms with Crippen molar-refractivity contribution in [1.29, 1.82) is 0 Å². The summed E-state index contributed by atoms with van der Waals surface area (Å²) in [6.07, 6.45) is 0.177. The number of nitrogens with zero attached hydrogens (tertiary/aromatic N) is 2. The number of hydrogen-bond acceptors (Lipinski definition) is 5. The Hall–Kier alpha value is -1.66. The monoisotopic (exact) mass is 400 g/mol. The first-order chi connectivity index (χ1) is 12.1. The van der Waals surface area contributed by atoms with E-state index in [1.165, 1.54) is 12.0 Å². The van der Waals surface area contributed by atoms with Gasteiger partial charge in [-0.2, -0.15) is 0 Å². The summed E-state index contributed by atoms with van der Waals surface area (Å²) in [6.45, 7) is 6.02. The minimum absolute atomic E-state index is 0.00870. The number of benzene rings is 1. The molecule has 2 aliphatic heterocycles. The molecule has 1 saturated heterocycles. The first-order valence-corrected chi connectivity index (χ1v) is 9.18. The van der Waals surface area contributed by atoms with Crippen LogP contribution in [0.3, 0.4) is 0 Å². The molecule has 1 aromatic rings. The van der Waals surface area contributed by atoms with Gasteiger partial charge in [-0.15, -0.1) is 0 Å². The van der Waals surface area contributed by atoms with Crippen LogP contribution in [0.4, 0.5) is 10.5 Å². The van der Waals surface area contributed by atoms with Crippen molar-refractivity contribution in [3.05, 3.63) is 27.7 Å². The first-order valence-electron chi connectivity index (χ1n) is 8.42. The lowest BCUT2D eigenvalue weighted by atomic mass is 10.1. The van der Waals surface area contributed by atoms with E-state index in [9.17, 15) is 9.59 Å². The Morgan fingerprint density at radius 1 is 1.19 bits per heavy atom. The van der Waals surface area contributed by atoms with Crippen LogP contribution in [0.1, 0.15) is 26.3 Å². The number of anilines is 1. The highest BCUT2D eigenvalue weighted by Gasteiger charge is 2.45. The van der Waals surface area contributed by atoms with Gasteiger partial charge in [0.1, 0.15) is 5.60 Å². The predicted molar refractivity (Wildman–Crippen MR) is 100 cm³/mol. The second-order valence-electron chi connectivity index (χ2n) is 7.58. The van der Waals surface area contributed by atoms with Gasteiger partial charge in [0.25, 0.3) is 0 Å². The van der Waals surface area contributed by atoms with Crippen LogP contribution in [0.25, 0.3) is 0 Å². The van der Waals surface area contributed by atoms with Crippen LogP contribution in [-0.2, 0) is 20.7 Å². The van der Waals surface area contributed by atoms with Crippen LogP contribution in [0.15, 0.2) is 12.1 Å². The number of hydrogen-bond donors (Lipinski definition) is 0. The number of halogens is 2. The maximum Gasteiger partial charge on any atom is 0.411 e. The van der Waals surface area contributed by atoms with Crippen molar-refractivity contribution in [3.63, 3.8) is 0 Å². The van der Waals surface area contributed by atoms with Crippen LogP contribution in [0, 0.1) is 0 Å². The molecule has 0 aromatic heterocycles. The SMILES string of the molecule is COC(=O)[C@@H]1CN2c3c(Cl)cc(Cl)cc3C[C@H]2CN1C(=O)OC(C)(C)C. The van der Waals surface area contributed by atoms with Crippen LogP contribution < -0.4 is 4.90 Å². The average Bonchev–Trinajstić information content (AvgIpc) is 2.88. The average molecular weight is 401 g/mol. The van der Waals surface area contributed by atoms with Gasteiger partial charge in [0.05, 0.1) is 23.9 Å². The van der Waals surface area contributed by atoms with E-state index in [2.05, 4.69) is 4.90 Å². The van der Waals surface area contributed by atoms with Crippen LogP contribution in [-0.4, -0.2) is 54.8 Å². The molecule has 142 valence electrons. The number of carbonyl (C=O) groups excluding carboxylic acids is 2. The summed E-state index contributed by atoms with van der Waals surface area (Å²) >= 11 is 12.5. The molecule has 0 spiro atoms. The zero-order valence-electron chi connectivity index (χ0n) is 15.2. The number of esters is 1. The second-order valence-corrected chi connectivity index (χ2v) is 8.42. The first kappa shape index (κ1) is 19.1. The molecule has 2 atom stereocenters. The number of piperazine rings is 1. The molecule has 1 fully saturated rings. The van der Waals surface area contributed by atoms with E-state index in [-0.39, 0.29) is 6.04 Å². The molecule has 0 unspecified atom stereocenters. The molecule has 0 bridgehead atoms. The third-order valence-corrected chi connectivity index (χ3v) is 5.05. The van der Waals surface area contributed by atoms with Gasteiger partial charge >= 0.3 is 12.1 Å². The van der Waals surface area contributed by atoms with E-state index in [4.69, 9.17) is 32.7 Å². The van der Waals surface area contributed by atoms with Gasteiger partial charge in [-0.1, -0.05) is 23.2 Å². The summed E-state index contributed by atoms with van der Waals surface area (Å²) in [5.74, 6) is -0.479. The smallest absolute Gasteiger partial charge is 0.411 e. The predicted octanol–water partition coefficient (Wildman–Crippen LogP) is 3.52. The third-order valence-electron chi connectivity index (χ3n) is 4.55. The molecule has 0 radical (unpaired) electrons. The van der Waals surface area contributed by atoms with Crippen LogP contribution in [0.2, 0.25) is 10.0 Å². The van der Waals surface area contributed by atoms with E-state index in [0.717, 1.165) is 11.3 Å². The molecule has 1 amide bonds. The number of fused-ring (bicyclic) bond motifs is 3. The summed E-state index contributed by atoms with van der Waals surface area (Å²) in [7, 11) is 1.31. The van der Waals surface area contributed by atoms with E-state index < -0.39 is 23.7 Å². The molecule has 26 heavy (non-hydrogen) atoms. The Morgan fingerprint density at radius 2 is 1.88 bits per heavy atom. The fraction of sp³-hybridized carbons (Fsp3) is 0.556. The van der Waals surface area contributed by atoms with Gasteiger partial charge in [0.2, 0.25) is 0 Å². The van der Waals surface area contributed by atoms with Crippen molar-refractivity contribution >= 4 is 41.0 Å². The Bertz CT molecular complexity index is 747. The molecule has 0 aliphatic carbocycles. The summed E-state index contributed by atoms with van der Waals surface area (Å²) in [5.41, 5.74) is 1.24. The zero-order valence-corrected chi connectivity index (χ0v) is 16.7. The zero-order chi connectivity index (χ0) is 19.2. The highest BCUT2D eigenvalue weighted by atomic mass is 35.5. The minimum atomic E-state index is -0.760.